The first kappa shape index (κ1) is 14.4. The molecule has 0 bridgehead atoms. The van der Waals surface area contributed by atoms with Crippen molar-refractivity contribution in [2.75, 3.05) is 0 Å². The van der Waals surface area contributed by atoms with Gasteiger partial charge in [-0.3, -0.25) is 0 Å². The quantitative estimate of drug-likeness (QED) is 0.392. The van der Waals surface area contributed by atoms with Crippen LogP contribution in [0.25, 0.3) is 0 Å². The molecule has 0 spiro atoms. The first-order chi connectivity index (χ1) is 9.51. The molecule has 0 radical (unpaired) electrons. The van der Waals surface area contributed by atoms with Gasteiger partial charge in [-0.15, -0.1) is 0 Å². The van der Waals surface area contributed by atoms with Crippen molar-refractivity contribution in [2.45, 2.75) is 23.6 Å². The van der Waals surface area contributed by atoms with E-state index in [4.69, 9.17) is 10.9 Å². The number of hydrogen-bond acceptors (Lipinski definition) is 3. The highest BCUT2D eigenvalue weighted by Gasteiger charge is 2.11. The fourth-order valence-electron chi connectivity index (χ4n) is 1.88. The Morgan fingerprint density at radius 2 is 1.85 bits per heavy atom. The van der Waals surface area contributed by atoms with Gasteiger partial charge in [-0.2, -0.15) is 0 Å². The van der Waals surface area contributed by atoms with Gasteiger partial charge in [0.15, 0.2) is 5.84 Å². The molecule has 2 aromatic rings. The standard InChI is InChI=1S/C15H15FN2OS/c1-9-3-5-13(10(2)7-9)20-14-6-4-11(16)8-12(14)15(17)18-19/h3-8,19H,1-2H3,(H2,17,18). The minimum Gasteiger partial charge on any atom is -0.409 e. The number of benzene rings is 2. The van der Waals surface area contributed by atoms with Crippen molar-refractivity contribution in [1.82, 2.24) is 0 Å². The van der Waals surface area contributed by atoms with Crippen LogP contribution in [0.15, 0.2) is 51.3 Å². The summed E-state index contributed by atoms with van der Waals surface area (Å²) < 4.78 is 13.3. The van der Waals surface area contributed by atoms with Crippen molar-refractivity contribution in [1.29, 1.82) is 0 Å². The Bertz CT molecular complexity index is 671. The summed E-state index contributed by atoms with van der Waals surface area (Å²) in [5.41, 5.74) is 8.30. The molecule has 0 saturated heterocycles. The van der Waals surface area contributed by atoms with Crippen molar-refractivity contribution >= 4 is 17.6 Å². The van der Waals surface area contributed by atoms with Gasteiger partial charge in [0.1, 0.15) is 5.82 Å². The molecule has 5 heteroatoms. The summed E-state index contributed by atoms with van der Waals surface area (Å²) in [6, 6.07) is 10.4. The van der Waals surface area contributed by atoms with Crippen LogP contribution >= 0.6 is 11.8 Å². The van der Waals surface area contributed by atoms with Crippen LogP contribution in [0.5, 0.6) is 0 Å². The van der Waals surface area contributed by atoms with E-state index in [1.165, 1.54) is 29.5 Å². The second-order valence-electron chi connectivity index (χ2n) is 4.50. The molecule has 0 atom stereocenters. The van der Waals surface area contributed by atoms with Gasteiger partial charge in [0.05, 0.1) is 0 Å². The minimum atomic E-state index is -0.420. The van der Waals surface area contributed by atoms with E-state index in [1.54, 1.807) is 6.07 Å². The van der Waals surface area contributed by atoms with E-state index < -0.39 is 5.82 Å². The predicted molar refractivity (Wildman–Crippen MR) is 78.9 cm³/mol. The average Bonchev–Trinajstić information content (AvgIpc) is 2.42. The number of oxime groups is 1. The minimum absolute atomic E-state index is 0.100. The van der Waals surface area contributed by atoms with Crippen LogP contribution in [0.3, 0.4) is 0 Å². The number of amidine groups is 1. The summed E-state index contributed by atoms with van der Waals surface area (Å²) in [5.74, 6) is -0.520. The highest BCUT2D eigenvalue weighted by molar-refractivity contribution is 7.99. The Balaban J connectivity index is 2.43. The fraction of sp³-hybridized carbons (Fsp3) is 0.133. The van der Waals surface area contributed by atoms with Crippen molar-refractivity contribution in [3.8, 4) is 0 Å². The van der Waals surface area contributed by atoms with E-state index in [1.807, 2.05) is 26.0 Å². The topological polar surface area (TPSA) is 58.6 Å². The Labute approximate surface area is 121 Å². The summed E-state index contributed by atoms with van der Waals surface area (Å²) in [7, 11) is 0. The molecule has 0 aromatic heterocycles. The third kappa shape index (κ3) is 3.11. The molecule has 104 valence electrons. The first-order valence-corrected chi connectivity index (χ1v) is 6.85. The van der Waals surface area contributed by atoms with E-state index in [9.17, 15) is 4.39 Å². The third-order valence-electron chi connectivity index (χ3n) is 2.88. The molecule has 0 aliphatic rings. The predicted octanol–water partition coefficient (Wildman–Crippen LogP) is 3.69. The smallest absolute Gasteiger partial charge is 0.171 e. The monoisotopic (exact) mass is 290 g/mol. The lowest BCUT2D eigenvalue weighted by Crippen LogP contribution is -2.14. The molecule has 3 nitrogen and oxygen atoms in total. The van der Waals surface area contributed by atoms with Gasteiger partial charge in [0.25, 0.3) is 0 Å². The second kappa shape index (κ2) is 5.96. The molecule has 0 heterocycles. The van der Waals surface area contributed by atoms with Gasteiger partial charge in [0.2, 0.25) is 0 Å². The number of rotatable bonds is 3. The van der Waals surface area contributed by atoms with Gasteiger partial charge >= 0.3 is 0 Å². The molecule has 0 saturated carbocycles. The second-order valence-corrected chi connectivity index (χ2v) is 5.58. The van der Waals surface area contributed by atoms with Crippen LogP contribution in [0.1, 0.15) is 16.7 Å². The van der Waals surface area contributed by atoms with Crippen LogP contribution in [0.4, 0.5) is 4.39 Å². The lowest BCUT2D eigenvalue weighted by Gasteiger charge is -2.10. The maximum Gasteiger partial charge on any atom is 0.171 e. The van der Waals surface area contributed by atoms with Crippen molar-refractivity contribution < 1.29 is 9.60 Å². The Kier molecular flexibility index (Phi) is 4.29. The molecule has 0 fully saturated rings. The normalized spacial score (nSPS) is 11.7. The maximum absolute atomic E-state index is 13.3. The van der Waals surface area contributed by atoms with Crippen molar-refractivity contribution in [3.63, 3.8) is 0 Å². The molecule has 0 aliphatic heterocycles. The van der Waals surface area contributed by atoms with Gasteiger partial charge in [0, 0.05) is 15.4 Å². The molecule has 20 heavy (non-hydrogen) atoms. The molecule has 3 N–H and O–H groups in total. The molecular formula is C15H15FN2OS. The van der Waals surface area contributed by atoms with Crippen LogP contribution < -0.4 is 5.73 Å². The highest BCUT2D eigenvalue weighted by Crippen LogP contribution is 2.33. The fourth-order valence-corrected chi connectivity index (χ4v) is 2.88. The van der Waals surface area contributed by atoms with Gasteiger partial charge in [-0.1, -0.05) is 34.6 Å². The van der Waals surface area contributed by atoms with E-state index >= 15 is 0 Å². The lowest BCUT2D eigenvalue weighted by atomic mass is 10.2. The van der Waals surface area contributed by atoms with Crippen LogP contribution in [0.2, 0.25) is 0 Å². The van der Waals surface area contributed by atoms with Crippen molar-refractivity contribution in [3.05, 3.63) is 58.9 Å². The summed E-state index contributed by atoms with van der Waals surface area (Å²) in [5, 5.41) is 11.7. The number of nitrogens with two attached hydrogens (primary N) is 1. The SMILES string of the molecule is Cc1ccc(Sc2ccc(F)cc2C(N)=NO)c(C)c1. The molecule has 0 amide bonds. The van der Waals surface area contributed by atoms with E-state index in [0.717, 1.165) is 15.4 Å². The molecule has 2 aromatic carbocycles. The molecule has 0 aliphatic carbocycles. The molecule has 0 unspecified atom stereocenters. The molecule has 2 rings (SSSR count). The summed E-state index contributed by atoms with van der Waals surface area (Å²) in [6.45, 7) is 4.04. The Morgan fingerprint density at radius 3 is 2.50 bits per heavy atom. The highest BCUT2D eigenvalue weighted by atomic mass is 32.2. The average molecular weight is 290 g/mol. The zero-order valence-electron chi connectivity index (χ0n) is 11.2. The largest absolute Gasteiger partial charge is 0.409 e. The molecular weight excluding hydrogens is 275 g/mol. The first-order valence-electron chi connectivity index (χ1n) is 6.04. The number of aryl methyl sites for hydroxylation is 2. The van der Waals surface area contributed by atoms with Crippen LogP contribution in [-0.2, 0) is 0 Å². The summed E-state index contributed by atoms with van der Waals surface area (Å²) in [4.78, 5) is 1.79. The van der Waals surface area contributed by atoms with Crippen LogP contribution in [-0.4, -0.2) is 11.0 Å². The van der Waals surface area contributed by atoms with Gasteiger partial charge in [-0.25, -0.2) is 4.39 Å². The van der Waals surface area contributed by atoms with Crippen molar-refractivity contribution in [2.24, 2.45) is 10.9 Å². The number of halogens is 1. The summed E-state index contributed by atoms with van der Waals surface area (Å²) >= 11 is 1.46. The number of hydrogen-bond donors (Lipinski definition) is 2. The summed E-state index contributed by atoms with van der Waals surface area (Å²) in [6.07, 6.45) is 0. The maximum atomic E-state index is 13.3. The van der Waals surface area contributed by atoms with E-state index in [-0.39, 0.29) is 5.84 Å². The Hall–Kier alpha value is -2.01. The van der Waals surface area contributed by atoms with Gasteiger partial charge in [-0.05, 0) is 43.7 Å². The lowest BCUT2D eigenvalue weighted by molar-refractivity contribution is 0.318. The zero-order chi connectivity index (χ0) is 14.7. The van der Waals surface area contributed by atoms with E-state index in [0.29, 0.717) is 5.56 Å². The zero-order valence-corrected chi connectivity index (χ0v) is 12.0. The Morgan fingerprint density at radius 1 is 1.15 bits per heavy atom. The van der Waals surface area contributed by atoms with E-state index in [2.05, 4.69) is 11.2 Å². The number of nitrogens with zero attached hydrogens (tertiary/aromatic N) is 1. The van der Waals surface area contributed by atoms with Crippen LogP contribution in [0, 0.1) is 19.7 Å². The van der Waals surface area contributed by atoms with Gasteiger partial charge < -0.3 is 10.9 Å². The third-order valence-corrected chi connectivity index (χ3v) is 4.13.